The first-order valence-corrected chi connectivity index (χ1v) is 5.63. The third-order valence-electron chi connectivity index (χ3n) is 2.54. The molecule has 0 aromatic heterocycles. The van der Waals surface area contributed by atoms with Crippen LogP contribution in [0.2, 0.25) is 0 Å². The summed E-state index contributed by atoms with van der Waals surface area (Å²) >= 11 is 4.95. The maximum Gasteiger partial charge on any atom is 0.168 e. The van der Waals surface area contributed by atoms with Gasteiger partial charge in [0.15, 0.2) is 5.11 Å². The summed E-state index contributed by atoms with van der Waals surface area (Å²) in [5.41, 5.74) is 0.940. The van der Waals surface area contributed by atoms with Gasteiger partial charge in [0.2, 0.25) is 0 Å². The molecule has 86 valence electrons. The highest BCUT2D eigenvalue weighted by Gasteiger charge is 2.16. The van der Waals surface area contributed by atoms with Gasteiger partial charge < -0.3 is 15.7 Å². The van der Waals surface area contributed by atoms with Crippen LogP contribution < -0.4 is 10.6 Å². The van der Waals surface area contributed by atoms with Gasteiger partial charge in [0, 0.05) is 6.54 Å². The largest absolute Gasteiger partial charge is 0.387 e. The van der Waals surface area contributed by atoms with Gasteiger partial charge in [0.05, 0.1) is 19.4 Å². The summed E-state index contributed by atoms with van der Waals surface area (Å²) in [6, 6.07) is 9.67. The van der Waals surface area contributed by atoms with Gasteiger partial charge in [-0.25, -0.2) is 0 Å². The lowest BCUT2D eigenvalue weighted by Gasteiger charge is -2.30. The maximum atomic E-state index is 10.0. The number of aliphatic hydroxyl groups excluding tert-OH is 1. The number of β-amino-alcohol motifs (C(OH)–C–C–N with tert-alkyl or cyclic N) is 1. The van der Waals surface area contributed by atoms with Crippen molar-refractivity contribution in [2.75, 3.05) is 19.9 Å². The highest BCUT2D eigenvalue weighted by molar-refractivity contribution is 7.80. The first-order valence-electron chi connectivity index (χ1n) is 5.23. The maximum absolute atomic E-state index is 10.0. The van der Waals surface area contributed by atoms with Crippen LogP contribution in [0.3, 0.4) is 0 Å². The Labute approximate surface area is 100 Å². The lowest BCUT2D eigenvalue weighted by Crippen LogP contribution is -2.54. The molecule has 2 rings (SSSR count). The van der Waals surface area contributed by atoms with E-state index in [1.165, 1.54) is 0 Å². The zero-order valence-electron chi connectivity index (χ0n) is 8.89. The van der Waals surface area contributed by atoms with Crippen molar-refractivity contribution in [3.8, 4) is 0 Å². The second-order valence-electron chi connectivity index (χ2n) is 3.78. The fraction of sp³-hybridized carbons (Fsp3) is 0.364. The van der Waals surface area contributed by atoms with Gasteiger partial charge in [0.1, 0.15) is 0 Å². The van der Waals surface area contributed by atoms with Gasteiger partial charge >= 0.3 is 0 Å². The molecule has 1 heterocycles. The summed E-state index contributed by atoms with van der Waals surface area (Å²) in [6.45, 7) is 1.94. The van der Waals surface area contributed by atoms with Crippen LogP contribution in [0.15, 0.2) is 30.3 Å². The quantitative estimate of drug-likeness (QED) is 0.665. The molecule has 0 bridgehead atoms. The Bertz CT molecular complexity index is 348. The zero-order valence-corrected chi connectivity index (χ0v) is 9.70. The fourth-order valence-corrected chi connectivity index (χ4v) is 1.77. The molecule has 1 unspecified atom stereocenters. The number of nitrogens with zero attached hydrogens (tertiary/aromatic N) is 1. The second-order valence-corrected chi connectivity index (χ2v) is 4.19. The molecule has 0 radical (unpaired) electrons. The lowest BCUT2D eigenvalue weighted by molar-refractivity contribution is 0.105. The molecule has 1 atom stereocenters. The Morgan fingerprint density at radius 3 is 2.50 bits per heavy atom. The Morgan fingerprint density at radius 1 is 1.25 bits per heavy atom. The number of hydrogen-bond acceptors (Lipinski definition) is 3. The molecule has 0 amide bonds. The van der Waals surface area contributed by atoms with E-state index in [0.717, 1.165) is 5.56 Å². The van der Waals surface area contributed by atoms with Crippen LogP contribution in [0.25, 0.3) is 0 Å². The van der Waals surface area contributed by atoms with E-state index >= 15 is 0 Å². The van der Waals surface area contributed by atoms with Crippen LogP contribution in [0.1, 0.15) is 11.7 Å². The zero-order chi connectivity index (χ0) is 11.4. The normalized spacial score (nSPS) is 18.7. The minimum absolute atomic E-state index is 0.462. The summed E-state index contributed by atoms with van der Waals surface area (Å²) in [6.07, 6.45) is -0.462. The minimum Gasteiger partial charge on any atom is -0.387 e. The van der Waals surface area contributed by atoms with E-state index in [4.69, 9.17) is 12.2 Å². The molecule has 1 fully saturated rings. The first kappa shape index (κ1) is 11.3. The fourth-order valence-electron chi connectivity index (χ4n) is 1.64. The third kappa shape index (κ3) is 2.91. The molecular formula is C11H15N3OS. The van der Waals surface area contributed by atoms with Gasteiger partial charge in [-0.2, -0.15) is 0 Å². The number of hydrogen-bond donors (Lipinski definition) is 3. The van der Waals surface area contributed by atoms with E-state index in [1.807, 2.05) is 30.3 Å². The molecule has 1 saturated heterocycles. The third-order valence-corrected chi connectivity index (χ3v) is 2.83. The van der Waals surface area contributed by atoms with Gasteiger partial charge in [-0.3, -0.25) is 4.90 Å². The van der Waals surface area contributed by atoms with Crippen molar-refractivity contribution in [2.24, 2.45) is 0 Å². The van der Waals surface area contributed by atoms with Gasteiger partial charge in [-0.05, 0) is 17.8 Å². The summed E-state index contributed by atoms with van der Waals surface area (Å²) in [4.78, 5) is 2.06. The number of aliphatic hydroxyl groups is 1. The van der Waals surface area contributed by atoms with Crippen molar-refractivity contribution in [3.63, 3.8) is 0 Å². The standard InChI is InChI=1S/C11H15N3OS/c15-10(9-4-2-1-3-5-9)6-14-7-12-11(16)13-8-14/h1-5,10,15H,6-8H2,(H2,12,13,16). The van der Waals surface area contributed by atoms with E-state index in [0.29, 0.717) is 25.0 Å². The SMILES string of the molecule is OC(CN1CNC(=S)NC1)c1ccccc1. The number of rotatable bonds is 3. The van der Waals surface area contributed by atoms with Crippen LogP contribution >= 0.6 is 12.2 Å². The van der Waals surface area contributed by atoms with Crippen LogP contribution in [0.4, 0.5) is 0 Å². The van der Waals surface area contributed by atoms with Crippen LogP contribution in [-0.4, -0.2) is 35.0 Å². The average molecular weight is 237 g/mol. The van der Waals surface area contributed by atoms with Crippen molar-refractivity contribution in [1.82, 2.24) is 15.5 Å². The molecular weight excluding hydrogens is 222 g/mol. The van der Waals surface area contributed by atoms with Gasteiger partial charge in [-0.1, -0.05) is 30.3 Å². The van der Waals surface area contributed by atoms with E-state index in [1.54, 1.807) is 0 Å². The highest BCUT2D eigenvalue weighted by atomic mass is 32.1. The molecule has 0 saturated carbocycles. The lowest BCUT2D eigenvalue weighted by atomic mass is 10.1. The van der Waals surface area contributed by atoms with Crippen molar-refractivity contribution in [1.29, 1.82) is 0 Å². The number of benzene rings is 1. The van der Waals surface area contributed by atoms with E-state index in [2.05, 4.69) is 15.5 Å². The molecule has 0 spiro atoms. The van der Waals surface area contributed by atoms with Crippen molar-refractivity contribution >= 4 is 17.3 Å². The summed E-state index contributed by atoms with van der Waals surface area (Å²) in [5, 5.41) is 16.7. The Hall–Kier alpha value is -1.17. The molecule has 1 aromatic carbocycles. The number of thiocarbonyl (C=S) groups is 1. The van der Waals surface area contributed by atoms with Crippen LogP contribution in [0.5, 0.6) is 0 Å². The molecule has 4 nitrogen and oxygen atoms in total. The minimum atomic E-state index is -0.462. The summed E-state index contributed by atoms with van der Waals surface area (Å²) < 4.78 is 0. The van der Waals surface area contributed by atoms with Gasteiger partial charge in [0.25, 0.3) is 0 Å². The summed E-state index contributed by atoms with van der Waals surface area (Å²) in [7, 11) is 0. The second kappa shape index (κ2) is 5.25. The molecule has 1 aliphatic rings. The highest BCUT2D eigenvalue weighted by Crippen LogP contribution is 2.13. The smallest absolute Gasteiger partial charge is 0.168 e. The van der Waals surface area contributed by atoms with Crippen LogP contribution in [0, 0.1) is 0 Å². The average Bonchev–Trinajstić information content (AvgIpc) is 2.33. The van der Waals surface area contributed by atoms with Gasteiger partial charge in [-0.15, -0.1) is 0 Å². The molecule has 16 heavy (non-hydrogen) atoms. The first-order chi connectivity index (χ1) is 7.75. The molecule has 0 aliphatic carbocycles. The molecule has 5 heteroatoms. The Morgan fingerprint density at radius 2 is 1.88 bits per heavy atom. The van der Waals surface area contributed by atoms with Crippen molar-refractivity contribution in [2.45, 2.75) is 6.10 Å². The molecule has 1 aromatic rings. The Balaban J connectivity index is 1.88. The number of nitrogens with one attached hydrogen (secondary N) is 2. The monoisotopic (exact) mass is 237 g/mol. The van der Waals surface area contributed by atoms with Crippen LogP contribution in [-0.2, 0) is 0 Å². The predicted molar refractivity (Wildman–Crippen MR) is 66.7 cm³/mol. The van der Waals surface area contributed by atoms with E-state index in [9.17, 15) is 5.11 Å². The topological polar surface area (TPSA) is 47.5 Å². The van der Waals surface area contributed by atoms with E-state index < -0.39 is 6.10 Å². The van der Waals surface area contributed by atoms with E-state index in [-0.39, 0.29) is 0 Å². The predicted octanol–water partition coefficient (Wildman–Crippen LogP) is 0.415. The molecule has 3 N–H and O–H groups in total. The summed E-state index contributed by atoms with van der Waals surface area (Å²) in [5.74, 6) is 0. The van der Waals surface area contributed by atoms with Crippen molar-refractivity contribution < 1.29 is 5.11 Å². The Kier molecular flexibility index (Phi) is 3.71. The van der Waals surface area contributed by atoms with Crippen molar-refractivity contribution in [3.05, 3.63) is 35.9 Å². The molecule has 1 aliphatic heterocycles.